The van der Waals surface area contributed by atoms with E-state index in [9.17, 15) is 4.79 Å². The van der Waals surface area contributed by atoms with Crippen molar-refractivity contribution >= 4 is 5.97 Å². The summed E-state index contributed by atoms with van der Waals surface area (Å²) in [5.74, 6) is -0.242. The van der Waals surface area contributed by atoms with Crippen LogP contribution >= 0.6 is 0 Å². The predicted molar refractivity (Wildman–Crippen MR) is 47.7 cm³/mol. The Balaban J connectivity index is 2.53. The molecular formula is C10H14O2. The highest BCUT2D eigenvalue weighted by atomic mass is 16.5. The number of esters is 1. The van der Waals surface area contributed by atoms with E-state index in [0.29, 0.717) is 0 Å². The van der Waals surface area contributed by atoms with Gasteiger partial charge < -0.3 is 4.74 Å². The Kier molecular flexibility index (Phi) is 3.58. The van der Waals surface area contributed by atoms with Crippen LogP contribution in [-0.4, -0.2) is 12.1 Å². The van der Waals surface area contributed by atoms with E-state index in [1.165, 1.54) is 6.08 Å². The van der Waals surface area contributed by atoms with E-state index in [2.05, 4.69) is 6.08 Å². The molecule has 0 unspecified atom stereocenters. The summed E-state index contributed by atoms with van der Waals surface area (Å²) in [4.78, 5) is 11.0. The van der Waals surface area contributed by atoms with Crippen molar-refractivity contribution in [2.75, 3.05) is 0 Å². The Bertz CT molecular complexity index is 204. The third-order valence-corrected chi connectivity index (χ3v) is 1.78. The molecule has 0 aliphatic carbocycles. The highest BCUT2D eigenvalue weighted by Gasteiger charge is 2.05. The van der Waals surface area contributed by atoms with Crippen molar-refractivity contribution in [2.45, 2.75) is 32.3 Å². The molecule has 1 aliphatic rings. The zero-order valence-electron chi connectivity index (χ0n) is 7.32. The SMILES string of the molecule is C[C@H]1CCC/C=C/C=C\C(=O)O1. The molecule has 0 aromatic rings. The number of cyclic esters (lactones) is 1. The van der Waals surface area contributed by atoms with Crippen molar-refractivity contribution in [1.29, 1.82) is 0 Å². The van der Waals surface area contributed by atoms with E-state index in [4.69, 9.17) is 4.74 Å². The van der Waals surface area contributed by atoms with Crippen LogP contribution in [-0.2, 0) is 9.53 Å². The van der Waals surface area contributed by atoms with Gasteiger partial charge in [-0.2, -0.15) is 0 Å². The fourth-order valence-electron chi connectivity index (χ4n) is 1.13. The maximum atomic E-state index is 11.0. The number of carbonyl (C=O) groups excluding carboxylic acids is 1. The number of ether oxygens (including phenoxy) is 1. The number of hydrogen-bond donors (Lipinski definition) is 0. The van der Waals surface area contributed by atoms with Gasteiger partial charge in [-0.15, -0.1) is 0 Å². The van der Waals surface area contributed by atoms with Crippen molar-refractivity contribution in [3.63, 3.8) is 0 Å². The fraction of sp³-hybridized carbons (Fsp3) is 0.500. The second kappa shape index (κ2) is 4.75. The first-order chi connectivity index (χ1) is 5.79. The lowest BCUT2D eigenvalue weighted by molar-refractivity contribution is -0.142. The molecule has 0 fully saturated rings. The van der Waals surface area contributed by atoms with Gasteiger partial charge in [0.15, 0.2) is 0 Å². The average molecular weight is 166 g/mol. The molecule has 2 nitrogen and oxygen atoms in total. The minimum Gasteiger partial charge on any atom is -0.460 e. The van der Waals surface area contributed by atoms with Gasteiger partial charge in [0.1, 0.15) is 0 Å². The van der Waals surface area contributed by atoms with E-state index >= 15 is 0 Å². The van der Waals surface area contributed by atoms with E-state index < -0.39 is 0 Å². The van der Waals surface area contributed by atoms with Crippen LogP contribution in [0.25, 0.3) is 0 Å². The van der Waals surface area contributed by atoms with Gasteiger partial charge in [-0.3, -0.25) is 0 Å². The van der Waals surface area contributed by atoms with Crippen LogP contribution in [0.4, 0.5) is 0 Å². The molecule has 0 N–H and O–H groups in total. The monoisotopic (exact) mass is 166 g/mol. The van der Waals surface area contributed by atoms with E-state index in [1.54, 1.807) is 6.08 Å². The summed E-state index contributed by atoms with van der Waals surface area (Å²) >= 11 is 0. The minimum atomic E-state index is -0.242. The fourth-order valence-corrected chi connectivity index (χ4v) is 1.13. The van der Waals surface area contributed by atoms with E-state index in [-0.39, 0.29) is 12.1 Å². The highest BCUT2D eigenvalue weighted by Crippen LogP contribution is 2.07. The smallest absolute Gasteiger partial charge is 0.331 e. The minimum absolute atomic E-state index is 0.0497. The standard InChI is InChI=1S/C10H14O2/c1-9-7-5-3-2-4-6-8-10(11)12-9/h2,4,6,8-9H,3,5,7H2,1H3/b4-2+,8-6-/t9-/m0/s1. The molecule has 1 atom stereocenters. The molecule has 0 saturated heterocycles. The molecule has 0 radical (unpaired) electrons. The lowest BCUT2D eigenvalue weighted by Gasteiger charge is -2.11. The van der Waals surface area contributed by atoms with Gasteiger partial charge in [-0.1, -0.05) is 18.2 Å². The van der Waals surface area contributed by atoms with Crippen molar-refractivity contribution in [1.82, 2.24) is 0 Å². The Hall–Kier alpha value is -1.05. The summed E-state index contributed by atoms with van der Waals surface area (Å²) in [6.45, 7) is 1.93. The normalized spacial score (nSPS) is 30.4. The van der Waals surface area contributed by atoms with Crippen molar-refractivity contribution in [2.24, 2.45) is 0 Å². The maximum absolute atomic E-state index is 11.0. The average Bonchev–Trinajstić information content (AvgIpc) is 2.02. The first-order valence-electron chi connectivity index (χ1n) is 4.33. The first kappa shape index (κ1) is 9.04. The van der Waals surface area contributed by atoms with Crippen molar-refractivity contribution in [3.8, 4) is 0 Å². The van der Waals surface area contributed by atoms with E-state index in [1.807, 2.05) is 13.0 Å². The maximum Gasteiger partial charge on any atom is 0.331 e. The van der Waals surface area contributed by atoms with Gasteiger partial charge in [-0.25, -0.2) is 4.79 Å². The molecule has 1 heterocycles. The molecule has 66 valence electrons. The Morgan fingerprint density at radius 3 is 3.17 bits per heavy atom. The van der Waals surface area contributed by atoms with Crippen LogP contribution in [0.15, 0.2) is 24.3 Å². The van der Waals surface area contributed by atoms with Crippen LogP contribution in [0.2, 0.25) is 0 Å². The Morgan fingerprint density at radius 2 is 2.33 bits per heavy atom. The molecule has 0 amide bonds. The zero-order chi connectivity index (χ0) is 8.81. The molecule has 1 rings (SSSR count). The van der Waals surface area contributed by atoms with Crippen LogP contribution in [0.5, 0.6) is 0 Å². The van der Waals surface area contributed by atoms with Crippen LogP contribution in [0, 0.1) is 0 Å². The molecule has 1 aliphatic heterocycles. The van der Waals surface area contributed by atoms with Gasteiger partial charge in [-0.05, 0) is 26.2 Å². The number of hydrogen-bond acceptors (Lipinski definition) is 2. The van der Waals surface area contributed by atoms with Gasteiger partial charge in [0.25, 0.3) is 0 Å². The van der Waals surface area contributed by atoms with Gasteiger partial charge >= 0.3 is 5.97 Å². The molecule has 12 heavy (non-hydrogen) atoms. The molecule has 0 spiro atoms. The van der Waals surface area contributed by atoms with Crippen LogP contribution in [0.1, 0.15) is 26.2 Å². The van der Waals surface area contributed by atoms with Crippen molar-refractivity contribution < 1.29 is 9.53 Å². The number of allylic oxidation sites excluding steroid dienone is 3. The molecular weight excluding hydrogens is 152 g/mol. The Labute approximate surface area is 72.9 Å². The first-order valence-corrected chi connectivity index (χ1v) is 4.33. The summed E-state index contributed by atoms with van der Waals surface area (Å²) in [5.41, 5.74) is 0. The third kappa shape index (κ3) is 3.37. The molecule has 0 saturated carbocycles. The predicted octanol–water partition coefficient (Wildman–Crippen LogP) is 2.21. The van der Waals surface area contributed by atoms with Gasteiger partial charge in [0, 0.05) is 6.08 Å². The topological polar surface area (TPSA) is 26.3 Å². The zero-order valence-corrected chi connectivity index (χ0v) is 7.32. The van der Waals surface area contributed by atoms with Gasteiger partial charge in [0.05, 0.1) is 6.10 Å². The van der Waals surface area contributed by atoms with Crippen LogP contribution in [0.3, 0.4) is 0 Å². The van der Waals surface area contributed by atoms with Gasteiger partial charge in [0.2, 0.25) is 0 Å². The second-order valence-corrected chi connectivity index (χ2v) is 2.97. The quantitative estimate of drug-likeness (QED) is 0.516. The second-order valence-electron chi connectivity index (χ2n) is 2.97. The number of carbonyl (C=O) groups is 1. The number of rotatable bonds is 0. The van der Waals surface area contributed by atoms with Crippen molar-refractivity contribution in [3.05, 3.63) is 24.3 Å². The van der Waals surface area contributed by atoms with E-state index in [0.717, 1.165) is 19.3 Å². The lowest BCUT2D eigenvalue weighted by Crippen LogP contribution is -2.12. The molecule has 0 aromatic carbocycles. The molecule has 0 bridgehead atoms. The summed E-state index contributed by atoms with van der Waals surface area (Å²) in [6.07, 6.45) is 10.3. The Morgan fingerprint density at radius 1 is 1.50 bits per heavy atom. The summed E-state index contributed by atoms with van der Waals surface area (Å²) in [5, 5.41) is 0. The largest absolute Gasteiger partial charge is 0.460 e. The molecule has 0 aromatic heterocycles. The third-order valence-electron chi connectivity index (χ3n) is 1.78. The summed E-state index contributed by atoms with van der Waals surface area (Å²) < 4.78 is 5.07. The summed E-state index contributed by atoms with van der Waals surface area (Å²) in [6, 6.07) is 0. The highest BCUT2D eigenvalue weighted by molar-refractivity contribution is 5.82. The molecule has 2 heteroatoms. The summed E-state index contributed by atoms with van der Waals surface area (Å²) in [7, 11) is 0. The lowest BCUT2D eigenvalue weighted by atomic mass is 10.1. The van der Waals surface area contributed by atoms with Crippen LogP contribution < -0.4 is 0 Å².